The summed E-state index contributed by atoms with van der Waals surface area (Å²) in [4.78, 5) is 24.9. The molecule has 0 fully saturated rings. The van der Waals surface area contributed by atoms with Gasteiger partial charge in [-0.1, -0.05) is 30.3 Å². The molecule has 0 atom stereocenters. The molecule has 1 aliphatic rings. The molecule has 1 aliphatic heterocycles. The van der Waals surface area contributed by atoms with Crippen LogP contribution in [-0.4, -0.2) is 42.9 Å². The number of fused-ring (bicyclic) bond motifs is 1. The first-order valence-electron chi connectivity index (χ1n) is 8.72. The van der Waals surface area contributed by atoms with Crippen LogP contribution >= 0.6 is 0 Å². The molecule has 27 heavy (non-hydrogen) atoms. The molecule has 0 radical (unpaired) electrons. The number of carbonyl (C=O) groups excluding carboxylic acids is 1. The summed E-state index contributed by atoms with van der Waals surface area (Å²) in [6.07, 6.45) is 3.49. The standard InChI is InChI=1S/C20H21N3O4/c24-19(13-23-11-5-8-15-6-1-3-9-17(15)23)22-21-12-16-7-2-4-10-18(16)27-14-20(25)26/h1-4,6-7,9-10,12H,5,8,11,13-14H2,(H,22,24)(H,25,26). The monoisotopic (exact) mass is 367 g/mol. The fourth-order valence-corrected chi connectivity index (χ4v) is 3.02. The number of hydrogen-bond donors (Lipinski definition) is 2. The van der Waals surface area contributed by atoms with Crippen LogP contribution in [0.25, 0.3) is 0 Å². The van der Waals surface area contributed by atoms with E-state index in [2.05, 4.69) is 16.6 Å². The molecule has 0 bridgehead atoms. The van der Waals surface area contributed by atoms with Crippen LogP contribution in [0.2, 0.25) is 0 Å². The van der Waals surface area contributed by atoms with Gasteiger partial charge in [-0.05, 0) is 36.6 Å². The lowest BCUT2D eigenvalue weighted by molar-refractivity contribution is -0.139. The largest absolute Gasteiger partial charge is 0.481 e. The average Bonchev–Trinajstić information content (AvgIpc) is 2.67. The second-order valence-electron chi connectivity index (χ2n) is 6.17. The van der Waals surface area contributed by atoms with E-state index in [-0.39, 0.29) is 12.5 Å². The fraction of sp³-hybridized carbons (Fsp3) is 0.250. The molecule has 140 valence electrons. The maximum atomic E-state index is 12.2. The van der Waals surface area contributed by atoms with Crippen molar-refractivity contribution in [1.82, 2.24) is 5.43 Å². The molecule has 7 nitrogen and oxygen atoms in total. The zero-order valence-electron chi connectivity index (χ0n) is 14.8. The predicted molar refractivity (Wildman–Crippen MR) is 102 cm³/mol. The Kier molecular flexibility index (Phi) is 6.04. The summed E-state index contributed by atoms with van der Waals surface area (Å²) in [5.74, 6) is -0.883. The van der Waals surface area contributed by atoms with E-state index in [4.69, 9.17) is 9.84 Å². The predicted octanol–water partition coefficient (Wildman–Crippen LogP) is 2.05. The minimum atomic E-state index is -1.06. The highest BCUT2D eigenvalue weighted by molar-refractivity contribution is 5.86. The minimum absolute atomic E-state index is 0.216. The summed E-state index contributed by atoms with van der Waals surface area (Å²) < 4.78 is 5.20. The molecule has 0 unspecified atom stereocenters. The number of ether oxygens (including phenoxy) is 1. The van der Waals surface area contributed by atoms with E-state index in [1.807, 2.05) is 23.1 Å². The highest BCUT2D eigenvalue weighted by Gasteiger charge is 2.18. The number of amides is 1. The summed E-state index contributed by atoms with van der Waals surface area (Å²) in [6, 6.07) is 15.0. The third-order valence-electron chi connectivity index (χ3n) is 4.20. The maximum Gasteiger partial charge on any atom is 0.341 e. The first-order chi connectivity index (χ1) is 13.1. The second-order valence-corrected chi connectivity index (χ2v) is 6.17. The number of hydrazone groups is 1. The van der Waals surface area contributed by atoms with Gasteiger partial charge in [-0.15, -0.1) is 0 Å². The van der Waals surface area contributed by atoms with Crippen molar-refractivity contribution in [3.63, 3.8) is 0 Å². The molecule has 0 spiro atoms. The Morgan fingerprint density at radius 1 is 1.19 bits per heavy atom. The highest BCUT2D eigenvalue weighted by atomic mass is 16.5. The van der Waals surface area contributed by atoms with Crippen molar-refractivity contribution < 1.29 is 19.4 Å². The number of hydrogen-bond acceptors (Lipinski definition) is 5. The second kappa shape index (κ2) is 8.84. The topological polar surface area (TPSA) is 91.2 Å². The Labute approximate surface area is 157 Å². The van der Waals surface area contributed by atoms with Crippen molar-refractivity contribution in [2.75, 3.05) is 24.6 Å². The third kappa shape index (κ3) is 5.07. The molecule has 2 aromatic carbocycles. The van der Waals surface area contributed by atoms with Crippen LogP contribution < -0.4 is 15.1 Å². The lowest BCUT2D eigenvalue weighted by Gasteiger charge is -2.30. The number of carboxylic acid groups (broad SMARTS) is 1. The molecule has 7 heteroatoms. The highest BCUT2D eigenvalue weighted by Crippen LogP contribution is 2.26. The van der Waals surface area contributed by atoms with E-state index in [1.54, 1.807) is 24.3 Å². The first kappa shape index (κ1) is 18.4. The molecule has 1 amide bonds. The Balaban J connectivity index is 1.58. The molecular formula is C20H21N3O4. The zero-order valence-corrected chi connectivity index (χ0v) is 14.8. The van der Waals surface area contributed by atoms with E-state index < -0.39 is 12.6 Å². The summed E-state index contributed by atoms with van der Waals surface area (Å²) in [5, 5.41) is 12.7. The van der Waals surface area contributed by atoms with Crippen molar-refractivity contribution in [1.29, 1.82) is 0 Å². The first-order valence-corrected chi connectivity index (χ1v) is 8.72. The van der Waals surface area contributed by atoms with Crippen LogP contribution in [0, 0.1) is 0 Å². The van der Waals surface area contributed by atoms with Gasteiger partial charge >= 0.3 is 5.97 Å². The van der Waals surface area contributed by atoms with Gasteiger partial charge in [-0.2, -0.15) is 5.10 Å². The van der Waals surface area contributed by atoms with Crippen molar-refractivity contribution >= 4 is 23.8 Å². The number of para-hydroxylation sites is 2. The van der Waals surface area contributed by atoms with E-state index in [9.17, 15) is 9.59 Å². The van der Waals surface area contributed by atoms with Gasteiger partial charge < -0.3 is 14.7 Å². The van der Waals surface area contributed by atoms with Crippen LogP contribution in [0.15, 0.2) is 53.6 Å². The Hall–Kier alpha value is -3.35. The van der Waals surface area contributed by atoms with Crippen molar-refractivity contribution in [2.45, 2.75) is 12.8 Å². The summed E-state index contributed by atoms with van der Waals surface area (Å²) >= 11 is 0. The van der Waals surface area contributed by atoms with E-state index >= 15 is 0 Å². The SMILES string of the molecule is O=C(O)COc1ccccc1C=NNC(=O)CN1CCCc2ccccc21. The van der Waals surface area contributed by atoms with Gasteiger partial charge in [0.25, 0.3) is 5.91 Å². The van der Waals surface area contributed by atoms with E-state index in [1.165, 1.54) is 11.8 Å². The lowest BCUT2D eigenvalue weighted by Crippen LogP contribution is -2.38. The van der Waals surface area contributed by atoms with E-state index in [0.717, 1.165) is 25.1 Å². The van der Waals surface area contributed by atoms with Crippen LogP contribution in [0.4, 0.5) is 5.69 Å². The smallest absolute Gasteiger partial charge is 0.341 e. The molecular weight excluding hydrogens is 346 g/mol. The molecule has 2 aromatic rings. The number of carboxylic acids is 1. The summed E-state index contributed by atoms with van der Waals surface area (Å²) in [7, 11) is 0. The normalized spacial score (nSPS) is 13.3. The van der Waals surface area contributed by atoms with Gasteiger partial charge in [-0.3, -0.25) is 4.79 Å². The van der Waals surface area contributed by atoms with Crippen molar-refractivity contribution in [2.24, 2.45) is 5.10 Å². The molecule has 0 aliphatic carbocycles. The molecule has 0 saturated carbocycles. The Morgan fingerprint density at radius 3 is 2.81 bits per heavy atom. The Morgan fingerprint density at radius 2 is 1.96 bits per heavy atom. The maximum absolute atomic E-state index is 12.2. The number of carbonyl (C=O) groups is 2. The molecule has 0 aromatic heterocycles. The fourth-order valence-electron chi connectivity index (χ4n) is 3.02. The van der Waals surface area contributed by atoms with Crippen molar-refractivity contribution in [3.8, 4) is 5.75 Å². The van der Waals surface area contributed by atoms with Crippen LogP contribution in [0.5, 0.6) is 5.75 Å². The summed E-state index contributed by atoms with van der Waals surface area (Å²) in [6.45, 7) is 0.622. The van der Waals surface area contributed by atoms with Gasteiger partial charge in [0.05, 0.1) is 12.8 Å². The van der Waals surface area contributed by atoms with Gasteiger partial charge in [-0.25, -0.2) is 10.2 Å². The van der Waals surface area contributed by atoms with Gasteiger partial charge in [0.1, 0.15) is 5.75 Å². The molecule has 3 rings (SSSR count). The molecule has 2 N–H and O–H groups in total. The molecule has 1 heterocycles. The van der Waals surface area contributed by atoms with Crippen LogP contribution in [-0.2, 0) is 16.0 Å². The number of aliphatic carboxylic acids is 1. The number of benzene rings is 2. The lowest BCUT2D eigenvalue weighted by atomic mass is 10.0. The van der Waals surface area contributed by atoms with E-state index in [0.29, 0.717) is 11.3 Å². The Bertz CT molecular complexity index is 851. The van der Waals surface area contributed by atoms with Gasteiger partial charge in [0.15, 0.2) is 6.61 Å². The number of nitrogens with zero attached hydrogens (tertiary/aromatic N) is 2. The van der Waals surface area contributed by atoms with Crippen LogP contribution in [0.3, 0.4) is 0 Å². The zero-order chi connectivity index (χ0) is 19.1. The number of rotatable bonds is 7. The summed E-state index contributed by atoms with van der Waals surface area (Å²) in [5.41, 5.74) is 5.45. The van der Waals surface area contributed by atoms with Crippen LogP contribution in [0.1, 0.15) is 17.5 Å². The molecule has 0 saturated heterocycles. The number of anilines is 1. The quantitative estimate of drug-likeness (QED) is 0.577. The number of nitrogens with one attached hydrogen (secondary N) is 1. The third-order valence-corrected chi connectivity index (χ3v) is 4.20. The average molecular weight is 367 g/mol. The minimum Gasteiger partial charge on any atom is -0.481 e. The van der Waals surface area contributed by atoms with Crippen molar-refractivity contribution in [3.05, 3.63) is 59.7 Å². The van der Waals surface area contributed by atoms with Gasteiger partial charge in [0, 0.05) is 17.8 Å². The van der Waals surface area contributed by atoms with Gasteiger partial charge in [0.2, 0.25) is 0 Å². The number of aryl methyl sites for hydroxylation is 1.